The van der Waals surface area contributed by atoms with Crippen LogP contribution in [0.2, 0.25) is 0 Å². The smallest absolute Gasteiger partial charge is 0.771 e. The van der Waals surface area contributed by atoms with Crippen molar-refractivity contribution in [1.29, 1.82) is 0 Å². The van der Waals surface area contributed by atoms with Gasteiger partial charge < -0.3 is 11.5 Å². The Balaban J connectivity index is 0. The third-order valence-corrected chi connectivity index (χ3v) is 2.71. The van der Waals surface area contributed by atoms with E-state index in [1.807, 2.05) is 0 Å². The average molecular weight is 243 g/mol. The molecule has 0 aliphatic heterocycles. The number of rotatable bonds is 6. The van der Waals surface area contributed by atoms with E-state index in [1.165, 1.54) is 32.8 Å². The molecule has 0 fully saturated rings. The van der Waals surface area contributed by atoms with Crippen molar-refractivity contribution in [1.82, 2.24) is 0 Å². The van der Waals surface area contributed by atoms with Crippen molar-refractivity contribution in [3.8, 4) is 0 Å². The van der Waals surface area contributed by atoms with E-state index < -0.39 is 14.8 Å². The lowest BCUT2D eigenvalue weighted by atomic mass is 10.4. The molecule has 0 saturated heterocycles. The van der Waals surface area contributed by atoms with Gasteiger partial charge in [0.1, 0.15) is 0 Å². The Kier molecular flexibility index (Phi) is 18.6. The minimum Gasteiger partial charge on any atom is -0.771 e. The molecule has 7 heteroatoms. The van der Waals surface area contributed by atoms with Crippen LogP contribution in [0.3, 0.4) is 0 Å². The Bertz CT molecular complexity index is 111. The maximum atomic E-state index is 10.1. The van der Waals surface area contributed by atoms with Crippen molar-refractivity contribution >= 4 is 37.2 Å². The Morgan fingerprint density at radius 2 is 2.08 bits per heavy atom. The highest BCUT2D eigenvalue weighted by Gasteiger charge is 1.98. The van der Waals surface area contributed by atoms with Gasteiger partial charge in [-0.2, -0.15) is 0 Å². The predicted molar refractivity (Wildman–Crippen MR) is 57.9 cm³/mol. The minimum absolute atomic E-state index is 1.19. The van der Waals surface area contributed by atoms with Crippen LogP contribution in [0.5, 0.6) is 0 Å². The molecule has 0 spiro atoms. The van der Waals surface area contributed by atoms with Crippen LogP contribution in [-0.4, -0.2) is 34.7 Å². The highest BCUT2D eigenvalue weighted by atomic mass is 33.1. The summed E-state index contributed by atoms with van der Waals surface area (Å²) in [7, 11) is 4.19. The van der Waals surface area contributed by atoms with Gasteiger partial charge in [-0.05, 0) is 6.42 Å². The van der Waals surface area contributed by atoms with E-state index in [0.29, 0.717) is 0 Å². The van der Waals surface area contributed by atoms with Crippen LogP contribution >= 0.6 is 22.5 Å². The van der Waals surface area contributed by atoms with Gasteiger partial charge in [0.2, 0.25) is 0 Å². The van der Waals surface area contributed by atoms with Crippen LogP contribution in [0.1, 0.15) is 19.8 Å². The van der Waals surface area contributed by atoms with Crippen molar-refractivity contribution in [2.24, 2.45) is 0 Å². The molecule has 4 nitrogen and oxygen atoms in total. The molecular formula is C6H16AlO4S2-. The zero-order valence-electron chi connectivity index (χ0n) is 8.19. The van der Waals surface area contributed by atoms with Gasteiger partial charge in [0.05, 0.1) is 7.11 Å². The Hall–Kier alpha value is 0.592. The molecule has 13 heavy (non-hydrogen) atoms. The molecule has 0 heterocycles. The third kappa shape index (κ3) is 19.1. The second-order valence-corrected chi connectivity index (χ2v) is 4.66. The van der Waals surface area contributed by atoms with Crippen LogP contribution in [-0.2, 0) is 16.4 Å². The van der Waals surface area contributed by atoms with Crippen molar-refractivity contribution in [2.45, 2.75) is 19.8 Å². The van der Waals surface area contributed by atoms with Crippen molar-refractivity contribution in [3.63, 3.8) is 0 Å². The van der Waals surface area contributed by atoms with E-state index in [1.54, 1.807) is 10.8 Å². The number of hydrogen-bond acceptors (Lipinski definition) is 6. The fourth-order valence-electron chi connectivity index (χ4n) is 0.327. The van der Waals surface area contributed by atoms with Gasteiger partial charge in [0.15, 0.2) is 0 Å². The lowest BCUT2D eigenvalue weighted by Gasteiger charge is -2.08. The highest BCUT2D eigenvalue weighted by molar-refractivity contribution is 8.68. The second kappa shape index (κ2) is 15.1. The van der Waals surface area contributed by atoms with Gasteiger partial charge in [-0.3, -0.25) is 4.89 Å². The molecule has 0 aliphatic rings. The quantitative estimate of drug-likeness (QED) is 0.193. The topological polar surface area (TPSA) is 44.8 Å². The predicted octanol–water partition coefficient (Wildman–Crippen LogP) is 1.99. The summed E-state index contributed by atoms with van der Waals surface area (Å²) < 4.78 is 18.3. The third-order valence-electron chi connectivity index (χ3n) is 0.956. The number of hydrogen-bond donors (Lipinski definition) is 1. The molecule has 0 amide bonds. The largest absolute Gasteiger partial charge is 0.839 e. The van der Waals surface area contributed by atoms with Gasteiger partial charge in [0, 0.05) is 12.9 Å². The standard InChI is InChI=1S/C4H10S2.CH4O2.CH3O.Al.O/c1-2-3-4-6-5;1-3-2;1-2;;/h5H,2-4H2,1H3;2H,1H3;1H3;;/q;;-1;+1;/p-1. The normalized spacial score (nSPS) is 8.31. The molecule has 0 aromatic heterocycles. The first-order chi connectivity index (χ1) is 6.22. The number of thiol groups is 1. The van der Waals surface area contributed by atoms with E-state index in [-0.39, 0.29) is 0 Å². The van der Waals surface area contributed by atoms with Gasteiger partial charge in [-0.1, -0.05) is 24.1 Å². The maximum Gasteiger partial charge on any atom is 0.839 e. The summed E-state index contributed by atoms with van der Waals surface area (Å²) in [6.45, 7) is 2.18. The molecule has 0 bridgehead atoms. The van der Waals surface area contributed by atoms with E-state index in [0.717, 1.165) is 0 Å². The molecule has 0 aromatic carbocycles. The summed E-state index contributed by atoms with van der Waals surface area (Å²) >= 11 is 1.32. The average Bonchev–Trinajstić information content (AvgIpc) is 2.16. The first-order valence-electron chi connectivity index (χ1n) is 3.87. The summed E-state index contributed by atoms with van der Waals surface area (Å²) in [4.78, 5) is 4.02. The molecule has 0 radical (unpaired) electrons. The zero-order valence-corrected chi connectivity index (χ0v) is 11.1. The first-order valence-corrected chi connectivity index (χ1v) is 7.32. The lowest BCUT2D eigenvalue weighted by molar-refractivity contribution is -0.200. The van der Waals surface area contributed by atoms with Crippen LogP contribution in [0, 0.1) is 0 Å². The summed E-state index contributed by atoms with van der Waals surface area (Å²) in [6.07, 6.45) is 2.59. The summed E-state index contributed by atoms with van der Waals surface area (Å²) in [5.41, 5.74) is 0. The van der Waals surface area contributed by atoms with Crippen LogP contribution in [0.15, 0.2) is 0 Å². The molecule has 80 valence electrons. The van der Waals surface area contributed by atoms with Gasteiger partial charge in [-0.15, -0.1) is 11.7 Å². The monoisotopic (exact) mass is 243 g/mol. The van der Waals surface area contributed by atoms with Crippen LogP contribution in [0.4, 0.5) is 0 Å². The first kappa shape index (κ1) is 16.0. The summed E-state index contributed by atoms with van der Waals surface area (Å²) in [5.74, 6) is 1.19. The molecular weight excluding hydrogens is 227 g/mol. The fraction of sp³-hybridized carbons (Fsp3) is 1.00. The van der Waals surface area contributed by atoms with E-state index in [2.05, 4.69) is 31.2 Å². The molecule has 0 atom stereocenters. The Morgan fingerprint density at radius 1 is 1.46 bits per heavy atom. The van der Waals surface area contributed by atoms with E-state index in [9.17, 15) is 3.80 Å². The van der Waals surface area contributed by atoms with Gasteiger partial charge in [0.25, 0.3) is 0 Å². The Labute approximate surface area is 93.3 Å². The lowest BCUT2D eigenvalue weighted by Crippen LogP contribution is -2.07. The molecule has 0 aromatic rings. The summed E-state index contributed by atoms with van der Waals surface area (Å²) in [5, 5.41) is 0. The van der Waals surface area contributed by atoms with Crippen molar-refractivity contribution in [2.75, 3.05) is 20.0 Å². The zero-order chi connectivity index (χ0) is 10.5. The fourth-order valence-corrected chi connectivity index (χ4v) is 1.37. The molecule has 0 aliphatic carbocycles. The van der Waals surface area contributed by atoms with Crippen LogP contribution in [0.25, 0.3) is 0 Å². The molecule has 0 unspecified atom stereocenters. The molecule has 0 N–H and O–H groups in total. The van der Waals surface area contributed by atoms with Crippen molar-refractivity contribution in [3.05, 3.63) is 0 Å². The van der Waals surface area contributed by atoms with Crippen molar-refractivity contribution < 1.29 is 16.4 Å². The Morgan fingerprint density at radius 3 is 2.23 bits per heavy atom. The minimum atomic E-state index is -2.65. The van der Waals surface area contributed by atoms with E-state index in [4.69, 9.17) is 0 Å². The van der Waals surface area contributed by atoms with Gasteiger partial charge in [-0.25, -0.2) is 0 Å². The SMILES string of the molecule is CCCCSS.CO[O][Al-](=[O])[O]C. The van der Waals surface area contributed by atoms with Gasteiger partial charge >= 0.3 is 14.8 Å². The van der Waals surface area contributed by atoms with E-state index >= 15 is 0 Å². The second-order valence-electron chi connectivity index (χ2n) is 1.97. The summed E-state index contributed by atoms with van der Waals surface area (Å²) in [6, 6.07) is 0. The molecule has 0 saturated carbocycles. The highest BCUT2D eigenvalue weighted by Crippen LogP contribution is 2.06. The maximum absolute atomic E-state index is 10.1. The number of unbranched alkanes of at least 4 members (excludes halogenated alkanes) is 1. The molecule has 0 rings (SSSR count). The van der Waals surface area contributed by atoms with Crippen LogP contribution < -0.4 is 0 Å².